The summed E-state index contributed by atoms with van der Waals surface area (Å²) in [6.45, 7) is 10.6. The summed E-state index contributed by atoms with van der Waals surface area (Å²) in [5.74, 6) is -2.35. The van der Waals surface area contributed by atoms with Crippen molar-refractivity contribution in [1.82, 2.24) is 4.98 Å². The molecule has 10 nitrogen and oxygen atoms in total. The Kier molecular flexibility index (Phi) is 6.84. The maximum atomic E-state index is 13.3. The molecule has 1 saturated carbocycles. The zero-order valence-corrected chi connectivity index (χ0v) is 23.9. The molecule has 2 aliphatic heterocycles. The highest BCUT2D eigenvalue weighted by Crippen LogP contribution is 2.68. The topological polar surface area (TPSA) is 127 Å². The van der Waals surface area contributed by atoms with Crippen LogP contribution in [0.2, 0.25) is 0 Å². The van der Waals surface area contributed by atoms with Gasteiger partial charge < -0.3 is 23.7 Å². The van der Waals surface area contributed by atoms with Crippen LogP contribution < -0.4 is 0 Å². The van der Waals surface area contributed by atoms with Crippen LogP contribution in [0.1, 0.15) is 77.6 Å². The molecular formula is C30H37NO9. The van der Waals surface area contributed by atoms with Gasteiger partial charge in [0.25, 0.3) is 0 Å². The Morgan fingerprint density at radius 3 is 2.33 bits per heavy atom. The number of carbonyl (C=O) groups is 4. The summed E-state index contributed by atoms with van der Waals surface area (Å²) in [4.78, 5) is 54.7. The molecule has 0 N–H and O–H groups in total. The molecule has 1 aromatic rings. The number of carbonyl (C=O) groups excluding carboxylic acids is 4. The van der Waals surface area contributed by atoms with E-state index in [4.69, 9.17) is 23.7 Å². The minimum Gasteiger partial charge on any atom is -0.463 e. The molecule has 216 valence electrons. The van der Waals surface area contributed by atoms with Gasteiger partial charge in [-0.1, -0.05) is 25.5 Å². The first-order chi connectivity index (χ1) is 18.8. The van der Waals surface area contributed by atoms with E-state index in [-0.39, 0.29) is 19.0 Å². The zero-order valence-electron chi connectivity index (χ0n) is 23.9. The lowest BCUT2D eigenvalue weighted by Crippen LogP contribution is -2.78. The number of hydrogen-bond donors (Lipinski definition) is 0. The predicted octanol–water partition coefficient (Wildman–Crippen LogP) is 3.72. The van der Waals surface area contributed by atoms with Crippen LogP contribution in [0, 0.1) is 16.7 Å². The van der Waals surface area contributed by atoms with Gasteiger partial charge in [-0.05, 0) is 38.8 Å². The molecule has 0 amide bonds. The fourth-order valence-corrected chi connectivity index (χ4v) is 7.88. The molecule has 3 fully saturated rings. The van der Waals surface area contributed by atoms with Gasteiger partial charge in [0, 0.05) is 49.4 Å². The van der Waals surface area contributed by atoms with Crippen molar-refractivity contribution in [2.75, 3.05) is 6.61 Å². The number of pyridine rings is 1. The lowest BCUT2D eigenvalue weighted by Gasteiger charge is -2.70. The summed E-state index contributed by atoms with van der Waals surface area (Å²) in [7, 11) is 0. The van der Waals surface area contributed by atoms with Gasteiger partial charge in [-0.25, -0.2) is 4.79 Å². The van der Waals surface area contributed by atoms with Gasteiger partial charge in [0.1, 0.15) is 23.9 Å². The first kappa shape index (κ1) is 28.3. The predicted molar refractivity (Wildman–Crippen MR) is 140 cm³/mol. The van der Waals surface area contributed by atoms with Crippen molar-refractivity contribution in [2.24, 2.45) is 16.7 Å². The normalized spacial score (nSPS) is 40.2. The number of esters is 4. The van der Waals surface area contributed by atoms with Gasteiger partial charge in [0.2, 0.25) is 0 Å². The third-order valence-electron chi connectivity index (χ3n) is 9.99. The van der Waals surface area contributed by atoms with Crippen molar-refractivity contribution in [3.05, 3.63) is 41.7 Å². The second-order valence-electron chi connectivity index (χ2n) is 12.3. The van der Waals surface area contributed by atoms with Gasteiger partial charge >= 0.3 is 23.9 Å². The fourth-order valence-electron chi connectivity index (χ4n) is 7.88. The Morgan fingerprint density at radius 2 is 1.73 bits per heavy atom. The standard InChI is InChI=1S/C30H37NO9/c1-17-9-10-21(39-26(35)20-8-7-13-31-15-20)23-27(4)11-12-30(14-22(34)36-16-30)40-29(27,6)25(38-19(3)33)24(28(17,23)5)37-18(2)32/h7-9,13,15,21,23-25H,10-12,14,16H2,1-6H3. The summed E-state index contributed by atoms with van der Waals surface area (Å²) < 4.78 is 30.5. The van der Waals surface area contributed by atoms with Crippen molar-refractivity contribution in [1.29, 1.82) is 0 Å². The number of nitrogens with zero attached hydrogens (tertiary/aromatic N) is 1. The first-order valence-electron chi connectivity index (χ1n) is 13.7. The average molecular weight is 556 g/mol. The van der Waals surface area contributed by atoms with E-state index in [1.165, 1.54) is 20.0 Å². The molecule has 40 heavy (non-hydrogen) atoms. The molecule has 2 saturated heterocycles. The molecule has 1 aromatic heterocycles. The molecule has 0 aromatic carbocycles. The fraction of sp³-hybridized carbons (Fsp3) is 0.633. The molecule has 3 heterocycles. The van der Waals surface area contributed by atoms with E-state index in [1.54, 1.807) is 18.3 Å². The van der Waals surface area contributed by atoms with E-state index >= 15 is 0 Å². The van der Waals surface area contributed by atoms with Crippen LogP contribution in [-0.2, 0) is 38.1 Å². The number of aromatic nitrogens is 1. The quantitative estimate of drug-likeness (QED) is 0.308. The van der Waals surface area contributed by atoms with Crippen molar-refractivity contribution in [3.63, 3.8) is 0 Å². The lowest BCUT2D eigenvalue weighted by molar-refractivity contribution is -0.349. The van der Waals surface area contributed by atoms with E-state index in [0.29, 0.717) is 24.8 Å². The van der Waals surface area contributed by atoms with Gasteiger partial charge in [-0.15, -0.1) is 0 Å². The largest absolute Gasteiger partial charge is 0.463 e. The Bertz CT molecular complexity index is 1260. The number of cyclic esters (lactones) is 1. The van der Waals surface area contributed by atoms with Crippen LogP contribution in [0.25, 0.3) is 0 Å². The summed E-state index contributed by atoms with van der Waals surface area (Å²) in [5.41, 5.74) is -2.49. The van der Waals surface area contributed by atoms with Crippen LogP contribution >= 0.6 is 0 Å². The van der Waals surface area contributed by atoms with Gasteiger partial charge in [-0.3, -0.25) is 19.4 Å². The Labute approximate surface area is 233 Å². The SMILES string of the molecule is CC(=O)OC1C(OC(C)=O)C2(C)OC3(CCC2(C)C2C(OC(=O)c4cccnc4)CC=C(C)C12C)COC(=O)C3. The van der Waals surface area contributed by atoms with E-state index in [2.05, 4.69) is 11.9 Å². The Hall–Kier alpha value is -3.27. The van der Waals surface area contributed by atoms with Crippen molar-refractivity contribution >= 4 is 23.9 Å². The first-order valence-corrected chi connectivity index (χ1v) is 13.7. The number of fused-ring (bicyclic) bond motifs is 3. The van der Waals surface area contributed by atoms with Crippen LogP contribution in [0.5, 0.6) is 0 Å². The highest BCUT2D eigenvalue weighted by molar-refractivity contribution is 5.89. The van der Waals surface area contributed by atoms with Gasteiger partial charge in [-0.2, -0.15) is 0 Å². The summed E-state index contributed by atoms with van der Waals surface area (Å²) in [6.07, 6.45) is 4.08. The molecule has 1 spiro atoms. The molecule has 0 bridgehead atoms. The minimum atomic E-state index is -1.23. The van der Waals surface area contributed by atoms with E-state index in [0.717, 1.165) is 5.57 Å². The Morgan fingerprint density at radius 1 is 1.02 bits per heavy atom. The van der Waals surface area contributed by atoms with Gasteiger partial charge in [0.05, 0.1) is 12.0 Å². The second kappa shape index (κ2) is 9.68. The maximum absolute atomic E-state index is 13.3. The maximum Gasteiger partial charge on any atom is 0.339 e. The molecule has 0 radical (unpaired) electrons. The summed E-state index contributed by atoms with van der Waals surface area (Å²) in [5, 5.41) is 0. The van der Waals surface area contributed by atoms with Crippen molar-refractivity contribution < 1.29 is 42.9 Å². The molecule has 8 unspecified atom stereocenters. The number of ether oxygens (including phenoxy) is 5. The minimum absolute atomic E-state index is 0.0734. The number of hydrogen-bond acceptors (Lipinski definition) is 10. The Balaban J connectivity index is 1.67. The highest BCUT2D eigenvalue weighted by atomic mass is 16.6. The zero-order chi connectivity index (χ0) is 29.1. The molecule has 10 heteroatoms. The molecule has 2 aliphatic carbocycles. The average Bonchev–Trinajstić information content (AvgIpc) is 3.25. The summed E-state index contributed by atoms with van der Waals surface area (Å²) in [6, 6.07) is 3.32. The molecule has 5 rings (SSSR count). The third kappa shape index (κ3) is 4.22. The van der Waals surface area contributed by atoms with E-state index < -0.39 is 64.2 Å². The van der Waals surface area contributed by atoms with E-state index in [1.807, 2.05) is 26.8 Å². The molecule has 4 aliphatic rings. The monoisotopic (exact) mass is 555 g/mol. The second-order valence-corrected chi connectivity index (χ2v) is 12.3. The third-order valence-corrected chi connectivity index (χ3v) is 9.99. The van der Waals surface area contributed by atoms with Crippen LogP contribution in [0.3, 0.4) is 0 Å². The highest BCUT2D eigenvalue weighted by Gasteiger charge is 2.76. The number of rotatable bonds is 4. The molecule has 8 atom stereocenters. The van der Waals surface area contributed by atoms with E-state index in [9.17, 15) is 19.2 Å². The molecular weight excluding hydrogens is 518 g/mol. The van der Waals surface area contributed by atoms with Crippen molar-refractivity contribution in [3.8, 4) is 0 Å². The van der Waals surface area contributed by atoms with Crippen LogP contribution in [-0.4, -0.2) is 65.0 Å². The smallest absolute Gasteiger partial charge is 0.339 e. The van der Waals surface area contributed by atoms with Gasteiger partial charge in [0.15, 0.2) is 12.2 Å². The summed E-state index contributed by atoms with van der Waals surface area (Å²) >= 11 is 0. The van der Waals surface area contributed by atoms with Crippen LogP contribution in [0.4, 0.5) is 0 Å². The van der Waals surface area contributed by atoms with Crippen LogP contribution in [0.15, 0.2) is 36.2 Å². The van der Waals surface area contributed by atoms with Crippen molar-refractivity contribution in [2.45, 2.75) is 96.7 Å². The lowest BCUT2D eigenvalue weighted by atomic mass is 9.41.